The molecule has 0 bridgehead atoms. The quantitative estimate of drug-likeness (QED) is 0.818. The molecule has 2 atom stereocenters. The number of rotatable bonds is 3. The maximum Gasteiger partial charge on any atom is 0.326 e. The summed E-state index contributed by atoms with van der Waals surface area (Å²) in [6, 6.07) is -0.859. The highest BCUT2D eigenvalue weighted by molar-refractivity contribution is 5.83. The third kappa shape index (κ3) is 4.10. The normalized spacial score (nSPS) is 22.4. The van der Waals surface area contributed by atoms with Crippen molar-refractivity contribution in [3.8, 4) is 0 Å². The van der Waals surface area contributed by atoms with E-state index in [4.69, 9.17) is 0 Å². The van der Waals surface area contributed by atoms with Crippen molar-refractivity contribution in [3.05, 3.63) is 0 Å². The van der Waals surface area contributed by atoms with E-state index in [2.05, 4.69) is 24.1 Å². The van der Waals surface area contributed by atoms with Crippen LogP contribution in [-0.2, 0) is 4.79 Å². The van der Waals surface area contributed by atoms with E-state index in [1.165, 1.54) is 0 Å². The first-order chi connectivity index (χ1) is 9.16. The fourth-order valence-corrected chi connectivity index (χ4v) is 2.51. The van der Waals surface area contributed by atoms with Crippen molar-refractivity contribution in [2.24, 2.45) is 5.41 Å². The zero-order chi connectivity index (χ0) is 15.5. The van der Waals surface area contributed by atoms with Gasteiger partial charge < -0.3 is 15.3 Å². The van der Waals surface area contributed by atoms with Crippen LogP contribution in [0.2, 0.25) is 0 Å². The van der Waals surface area contributed by atoms with Gasteiger partial charge in [-0.15, -0.1) is 0 Å². The van der Waals surface area contributed by atoms with Crippen molar-refractivity contribution >= 4 is 12.0 Å². The van der Waals surface area contributed by atoms with Gasteiger partial charge in [-0.2, -0.15) is 0 Å². The molecule has 6 heteroatoms. The van der Waals surface area contributed by atoms with Crippen molar-refractivity contribution in [3.63, 3.8) is 0 Å². The molecule has 0 saturated carbocycles. The molecule has 0 aromatic heterocycles. The van der Waals surface area contributed by atoms with Gasteiger partial charge in [-0.3, -0.25) is 4.90 Å². The maximum atomic E-state index is 12.2. The van der Waals surface area contributed by atoms with Crippen molar-refractivity contribution < 1.29 is 14.7 Å². The predicted molar refractivity (Wildman–Crippen MR) is 77.7 cm³/mol. The molecule has 2 N–H and O–H groups in total. The number of carboxylic acid groups (broad SMARTS) is 1. The minimum absolute atomic E-state index is 0.282. The van der Waals surface area contributed by atoms with Gasteiger partial charge in [-0.1, -0.05) is 27.7 Å². The van der Waals surface area contributed by atoms with Crippen LogP contribution in [0, 0.1) is 5.41 Å². The Balaban J connectivity index is 2.65. The SMILES string of the molecule is CCN1CCN(C(=O)N[C@@H](C(=O)O)C(C)(C)C)CC1C. The number of likely N-dealkylation sites (N-methyl/N-ethyl adjacent to an activating group) is 1. The number of piperazine rings is 1. The second-order valence-electron chi connectivity index (χ2n) is 6.51. The molecule has 1 saturated heterocycles. The first-order valence-corrected chi connectivity index (χ1v) is 7.19. The third-order valence-electron chi connectivity index (χ3n) is 3.84. The lowest BCUT2D eigenvalue weighted by Crippen LogP contribution is -2.59. The maximum absolute atomic E-state index is 12.2. The number of nitrogens with zero attached hydrogens (tertiary/aromatic N) is 2. The molecule has 0 aromatic carbocycles. The molecule has 1 aliphatic heterocycles. The van der Waals surface area contributed by atoms with Crippen LogP contribution in [-0.4, -0.2) is 65.2 Å². The number of carbonyl (C=O) groups excluding carboxylic acids is 1. The van der Waals surface area contributed by atoms with Crippen LogP contribution in [0.25, 0.3) is 0 Å². The zero-order valence-electron chi connectivity index (χ0n) is 13.1. The number of urea groups is 1. The van der Waals surface area contributed by atoms with Gasteiger partial charge in [0.15, 0.2) is 0 Å². The molecule has 0 radical (unpaired) electrons. The summed E-state index contributed by atoms with van der Waals surface area (Å²) < 4.78 is 0. The number of carbonyl (C=O) groups is 2. The number of aliphatic carboxylic acids is 1. The van der Waals surface area contributed by atoms with Gasteiger partial charge in [0, 0.05) is 25.7 Å². The molecule has 2 amide bonds. The summed E-state index contributed by atoms with van der Waals surface area (Å²) in [7, 11) is 0. The standard InChI is InChI=1S/C14H27N3O3/c1-6-16-7-8-17(9-10(16)2)13(20)15-11(12(18)19)14(3,4)5/h10-11H,6-9H2,1-5H3,(H,15,20)(H,18,19)/t10?,11-/m0/s1. The Bertz CT molecular complexity index is 365. The summed E-state index contributed by atoms with van der Waals surface area (Å²) in [5.74, 6) is -0.994. The van der Waals surface area contributed by atoms with Gasteiger partial charge in [0.1, 0.15) is 6.04 Å². The number of nitrogens with one attached hydrogen (secondary N) is 1. The van der Waals surface area contributed by atoms with E-state index in [0.717, 1.165) is 13.1 Å². The lowest BCUT2D eigenvalue weighted by molar-refractivity contribution is -0.142. The molecular weight excluding hydrogens is 258 g/mol. The van der Waals surface area contributed by atoms with E-state index >= 15 is 0 Å². The van der Waals surface area contributed by atoms with E-state index in [1.807, 2.05) is 20.8 Å². The van der Waals surface area contributed by atoms with Crippen LogP contribution in [0.4, 0.5) is 4.79 Å². The van der Waals surface area contributed by atoms with Gasteiger partial charge in [-0.05, 0) is 18.9 Å². The Morgan fingerprint density at radius 1 is 1.35 bits per heavy atom. The van der Waals surface area contributed by atoms with Gasteiger partial charge >= 0.3 is 12.0 Å². The molecule has 1 aliphatic rings. The first-order valence-electron chi connectivity index (χ1n) is 7.19. The van der Waals surface area contributed by atoms with Crippen LogP contribution in [0.5, 0.6) is 0 Å². The van der Waals surface area contributed by atoms with Crippen molar-refractivity contribution in [1.29, 1.82) is 0 Å². The van der Waals surface area contributed by atoms with E-state index in [1.54, 1.807) is 4.90 Å². The van der Waals surface area contributed by atoms with E-state index < -0.39 is 17.4 Å². The molecule has 0 aliphatic carbocycles. The van der Waals surface area contributed by atoms with Gasteiger partial charge in [0.05, 0.1) is 0 Å². The van der Waals surface area contributed by atoms with Crippen LogP contribution in [0.1, 0.15) is 34.6 Å². The largest absolute Gasteiger partial charge is 0.480 e. The Labute approximate surface area is 121 Å². The number of carboxylic acids is 1. The van der Waals surface area contributed by atoms with E-state index in [0.29, 0.717) is 19.1 Å². The Morgan fingerprint density at radius 2 is 1.95 bits per heavy atom. The highest BCUT2D eigenvalue weighted by atomic mass is 16.4. The van der Waals surface area contributed by atoms with E-state index in [9.17, 15) is 14.7 Å². The first kappa shape index (κ1) is 16.8. The smallest absolute Gasteiger partial charge is 0.326 e. The van der Waals surface area contributed by atoms with Crippen LogP contribution in [0.15, 0.2) is 0 Å². The molecule has 116 valence electrons. The average molecular weight is 285 g/mol. The fraction of sp³-hybridized carbons (Fsp3) is 0.857. The number of hydrogen-bond acceptors (Lipinski definition) is 3. The minimum Gasteiger partial charge on any atom is -0.480 e. The second-order valence-corrected chi connectivity index (χ2v) is 6.51. The molecule has 6 nitrogen and oxygen atoms in total. The minimum atomic E-state index is -0.994. The monoisotopic (exact) mass is 285 g/mol. The summed E-state index contributed by atoms with van der Waals surface area (Å²) in [5, 5.41) is 11.9. The van der Waals surface area contributed by atoms with Crippen molar-refractivity contribution in [2.45, 2.75) is 46.7 Å². The van der Waals surface area contributed by atoms with Crippen LogP contribution in [0.3, 0.4) is 0 Å². The summed E-state index contributed by atoms with van der Waals surface area (Å²) in [6.07, 6.45) is 0. The zero-order valence-corrected chi connectivity index (χ0v) is 13.1. The molecule has 20 heavy (non-hydrogen) atoms. The van der Waals surface area contributed by atoms with Crippen molar-refractivity contribution in [1.82, 2.24) is 15.1 Å². The second kappa shape index (κ2) is 6.43. The average Bonchev–Trinajstić information content (AvgIpc) is 2.33. The van der Waals surface area contributed by atoms with Crippen LogP contribution >= 0.6 is 0 Å². The summed E-state index contributed by atoms with van der Waals surface area (Å²) >= 11 is 0. The summed E-state index contributed by atoms with van der Waals surface area (Å²) in [6.45, 7) is 12.7. The molecule has 0 spiro atoms. The molecule has 1 fully saturated rings. The Hall–Kier alpha value is -1.30. The molecule has 1 rings (SSSR count). The summed E-state index contributed by atoms with van der Waals surface area (Å²) in [4.78, 5) is 27.5. The lowest BCUT2D eigenvalue weighted by Gasteiger charge is -2.40. The van der Waals surface area contributed by atoms with Gasteiger partial charge in [-0.25, -0.2) is 9.59 Å². The summed E-state index contributed by atoms with van der Waals surface area (Å²) in [5.41, 5.74) is -0.516. The van der Waals surface area contributed by atoms with Gasteiger partial charge in [0.2, 0.25) is 0 Å². The highest BCUT2D eigenvalue weighted by Gasteiger charge is 2.35. The molecule has 0 aromatic rings. The number of hydrogen-bond donors (Lipinski definition) is 2. The topological polar surface area (TPSA) is 72.9 Å². The van der Waals surface area contributed by atoms with Crippen molar-refractivity contribution in [2.75, 3.05) is 26.2 Å². The van der Waals surface area contributed by atoms with Gasteiger partial charge in [0.25, 0.3) is 0 Å². The lowest BCUT2D eigenvalue weighted by atomic mass is 9.87. The Morgan fingerprint density at radius 3 is 2.35 bits per heavy atom. The number of amides is 2. The predicted octanol–water partition coefficient (Wildman–Crippen LogP) is 1.22. The Kier molecular flexibility index (Phi) is 5.39. The van der Waals surface area contributed by atoms with E-state index in [-0.39, 0.29) is 6.03 Å². The molecular formula is C14H27N3O3. The van der Waals surface area contributed by atoms with Crippen LogP contribution < -0.4 is 5.32 Å². The highest BCUT2D eigenvalue weighted by Crippen LogP contribution is 2.20. The molecule has 1 unspecified atom stereocenters. The third-order valence-corrected chi connectivity index (χ3v) is 3.84. The molecule has 1 heterocycles. The fourth-order valence-electron chi connectivity index (χ4n) is 2.51.